The second-order valence-electron chi connectivity index (χ2n) is 4.00. The van der Waals surface area contributed by atoms with Gasteiger partial charge in [0.25, 0.3) is 0 Å². The molecule has 0 aliphatic carbocycles. The van der Waals surface area contributed by atoms with Gasteiger partial charge in [-0.05, 0) is 24.3 Å². The number of aromatic carboxylic acids is 1. The highest BCUT2D eigenvalue weighted by atomic mass is 16.4. The summed E-state index contributed by atoms with van der Waals surface area (Å²) in [4.78, 5) is 13.6. The van der Waals surface area contributed by atoms with E-state index in [9.17, 15) is 4.79 Å². The molecule has 100 valence electrons. The van der Waals surface area contributed by atoms with Crippen molar-refractivity contribution in [1.82, 2.24) is 4.98 Å². The van der Waals surface area contributed by atoms with Gasteiger partial charge in [0.05, 0.1) is 0 Å². The van der Waals surface area contributed by atoms with Crippen molar-refractivity contribution in [2.24, 2.45) is 0 Å². The van der Waals surface area contributed by atoms with Crippen LogP contribution in [0.4, 0.5) is 5.69 Å². The molecule has 2 rings (SSSR count). The van der Waals surface area contributed by atoms with Gasteiger partial charge in [-0.3, -0.25) is 0 Å². The van der Waals surface area contributed by atoms with Gasteiger partial charge < -0.3 is 15.4 Å². The number of hydrogen-bond donors (Lipinski definition) is 3. The normalized spacial score (nSPS) is 9.19. The van der Waals surface area contributed by atoms with E-state index in [4.69, 9.17) is 20.9 Å². The van der Waals surface area contributed by atoms with E-state index in [0.29, 0.717) is 16.6 Å². The fourth-order valence-electron chi connectivity index (χ4n) is 1.75. The zero-order chi connectivity index (χ0) is 15.4. The monoisotopic (exact) mass is 277 g/mol. The van der Waals surface area contributed by atoms with Crippen LogP contribution in [0.3, 0.4) is 0 Å². The van der Waals surface area contributed by atoms with Crippen LogP contribution in [-0.2, 0) is 0 Å². The Kier molecular flexibility index (Phi) is 3.57. The van der Waals surface area contributed by atoms with E-state index in [2.05, 4.69) is 10.3 Å². The number of allylic oxidation sites excluding steroid dienone is 2. The molecule has 0 fully saturated rings. The SMILES string of the molecule is N#CC(C#N)=C(C#N)Nc1ccc2[nH]c(C(=O)O)cc2c1. The zero-order valence-electron chi connectivity index (χ0n) is 10.5. The molecule has 0 atom stereocenters. The van der Waals surface area contributed by atoms with Gasteiger partial charge in [0.2, 0.25) is 0 Å². The number of aromatic amines is 1. The highest BCUT2D eigenvalue weighted by Gasteiger charge is 2.09. The molecule has 7 nitrogen and oxygen atoms in total. The number of nitrogens with zero attached hydrogens (tertiary/aromatic N) is 3. The summed E-state index contributed by atoms with van der Waals surface area (Å²) in [5, 5.41) is 38.7. The third-order valence-corrected chi connectivity index (χ3v) is 2.71. The van der Waals surface area contributed by atoms with Crippen molar-refractivity contribution in [2.45, 2.75) is 0 Å². The van der Waals surface area contributed by atoms with E-state index in [1.165, 1.54) is 6.07 Å². The van der Waals surface area contributed by atoms with Gasteiger partial charge in [-0.25, -0.2) is 4.79 Å². The minimum atomic E-state index is -1.07. The molecule has 0 amide bonds. The Balaban J connectivity index is 2.43. The topological polar surface area (TPSA) is 136 Å². The van der Waals surface area contributed by atoms with Crippen molar-refractivity contribution in [3.63, 3.8) is 0 Å². The first-order valence-electron chi connectivity index (χ1n) is 5.66. The van der Waals surface area contributed by atoms with Crippen molar-refractivity contribution in [2.75, 3.05) is 5.32 Å². The van der Waals surface area contributed by atoms with Crippen LogP contribution in [0.1, 0.15) is 10.5 Å². The van der Waals surface area contributed by atoms with Gasteiger partial charge in [0, 0.05) is 16.6 Å². The van der Waals surface area contributed by atoms with Gasteiger partial charge in [-0.2, -0.15) is 15.8 Å². The standard InChI is InChI=1S/C14H7N5O2/c15-5-9(6-16)13(7-17)18-10-1-2-11-8(3-10)4-12(19-11)14(20)21/h1-4,18-19H,(H,20,21). The Morgan fingerprint density at radius 3 is 2.43 bits per heavy atom. The molecule has 1 aromatic carbocycles. The van der Waals surface area contributed by atoms with Crippen molar-refractivity contribution >= 4 is 22.6 Å². The maximum Gasteiger partial charge on any atom is 0.352 e. The third-order valence-electron chi connectivity index (χ3n) is 2.71. The fourth-order valence-corrected chi connectivity index (χ4v) is 1.75. The molecule has 2 aromatic rings. The van der Waals surface area contributed by atoms with Crippen LogP contribution in [0.15, 0.2) is 35.5 Å². The number of aromatic nitrogens is 1. The fraction of sp³-hybridized carbons (Fsp3) is 0. The average Bonchev–Trinajstić information content (AvgIpc) is 2.90. The number of benzene rings is 1. The smallest absolute Gasteiger partial charge is 0.352 e. The summed E-state index contributed by atoms with van der Waals surface area (Å²) >= 11 is 0. The van der Waals surface area contributed by atoms with E-state index in [0.717, 1.165) is 0 Å². The van der Waals surface area contributed by atoms with Gasteiger partial charge >= 0.3 is 5.97 Å². The summed E-state index contributed by atoms with van der Waals surface area (Å²) in [6.07, 6.45) is 0. The molecular weight excluding hydrogens is 270 g/mol. The number of hydrogen-bond acceptors (Lipinski definition) is 5. The summed E-state index contributed by atoms with van der Waals surface area (Å²) in [5.41, 5.74) is 0.665. The van der Waals surface area contributed by atoms with Crippen LogP contribution in [0, 0.1) is 34.0 Å². The number of anilines is 1. The summed E-state index contributed by atoms with van der Waals surface area (Å²) in [6, 6.07) is 11.3. The Morgan fingerprint density at radius 1 is 1.14 bits per heavy atom. The molecule has 0 saturated heterocycles. The molecule has 0 radical (unpaired) electrons. The van der Waals surface area contributed by atoms with Crippen LogP contribution in [0.2, 0.25) is 0 Å². The first-order valence-corrected chi connectivity index (χ1v) is 5.66. The van der Waals surface area contributed by atoms with Gasteiger partial charge in [-0.15, -0.1) is 0 Å². The highest BCUT2D eigenvalue weighted by molar-refractivity contribution is 5.94. The lowest BCUT2D eigenvalue weighted by Gasteiger charge is -2.04. The van der Waals surface area contributed by atoms with E-state index >= 15 is 0 Å². The van der Waals surface area contributed by atoms with Crippen LogP contribution in [0.5, 0.6) is 0 Å². The lowest BCUT2D eigenvalue weighted by Crippen LogP contribution is -2.00. The first kappa shape index (κ1) is 13.7. The highest BCUT2D eigenvalue weighted by Crippen LogP contribution is 2.21. The van der Waals surface area contributed by atoms with E-state index < -0.39 is 5.97 Å². The predicted molar refractivity (Wildman–Crippen MR) is 72.7 cm³/mol. The summed E-state index contributed by atoms with van der Waals surface area (Å²) in [7, 11) is 0. The van der Waals surface area contributed by atoms with Crippen LogP contribution < -0.4 is 5.32 Å². The Hall–Kier alpha value is -3.76. The number of H-pyrrole nitrogens is 1. The minimum absolute atomic E-state index is 0.0490. The molecule has 3 N–H and O–H groups in total. The lowest BCUT2D eigenvalue weighted by atomic mass is 10.2. The molecule has 1 heterocycles. The summed E-state index contributed by atoms with van der Waals surface area (Å²) < 4.78 is 0. The number of fused-ring (bicyclic) bond motifs is 1. The largest absolute Gasteiger partial charge is 0.477 e. The van der Waals surface area contributed by atoms with Crippen LogP contribution >= 0.6 is 0 Å². The van der Waals surface area contributed by atoms with Gasteiger partial charge in [-0.1, -0.05) is 0 Å². The molecule has 0 unspecified atom stereocenters. The van der Waals surface area contributed by atoms with Crippen molar-refractivity contribution in [1.29, 1.82) is 15.8 Å². The summed E-state index contributed by atoms with van der Waals surface area (Å²) in [6.45, 7) is 0. The minimum Gasteiger partial charge on any atom is -0.477 e. The molecule has 7 heteroatoms. The molecule has 0 saturated carbocycles. The van der Waals surface area contributed by atoms with Crippen molar-refractivity contribution in [3.8, 4) is 18.2 Å². The molecule has 1 aromatic heterocycles. The molecule has 0 aliphatic rings. The maximum atomic E-state index is 10.9. The number of carbonyl (C=O) groups is 1. The number of carboxylic acids is 1. The molecule has 0 bridgehead atoms. The second-order valence-corrected chi connectivity index (χ2v) is 4.00. The molecular formula is C14H7N5O2. The van der Waals surface area contributed by atoms with Crippen LogP contribution in [-0.4, -0.2) is 16.1 Å². The predicted octanol–water partition coefficient (Wildman–Crippen LogP) is 2.10. The third kappa shape index (κ3) is 2.65. The second kappa shape index (κ2) is 5.48. The Morgan fingerprint density at radius 2 is 1.86 bits per heavy atom. The summed E-state index contributed by atoms with van der Waals surface area (Å²) in [5.74, 6) is -1.07. The Bertz CT molecular complexity index is 871. The molecule has 21 heavy (non-hydrogen) atoms. The van der Waals surface area contributed by atoms with Crippen molar-refractivity contribution < 1.29 is 9.90 Å². The maximum absolute atomic E-state index is 10.9. The zero-order valence-corrected chi connectivity index (χ0v) is 10.5. The molecule has 0 aliphatic heterocycles. The Labute approximate surface area is 119 Å². The number of nitriles is 3. The number of nitrogens with one attached hydrogen (secondary N) is 2. The van der Waals surface area contributed by atoms with E-state index in [1.54, 1.807) is 36.4 Å². The van der Waals surface area contributed by atoms with E-state index in [-0.39, 0.29) is 17.0 Å². The van der Waals surface area contributed by atoms with E-state index in [1.807, 2.05) is 0 Å². The quantitative estimate of drug-likeness (QED) is 0.735. The number of rotatable bonds is 3. The van der Waals surface area contributed by atoms with Crippen molar-refractivity contribution in [3.05, 3.63) is 41.2 Å². The van der Waals surface area contributed by atoms with Gasteiger partial charge in [0.15, 0.2) is 5.57 Å². The number of carboxylic acid groups (broad SMARTS) is 1. The average molecular weight is 277 g/mol. The molecule has 0 spiro atoms. The first-order chi connectivity index (χ1) is 10.1. The van der Waals surface area contributed by atoms with Gasteiger partial charge in [0.1, 0.15) is 29.6 Å². The lowest BCUT2D eigenvalue weighted by molar-refractivity contribution is 0.0691. The van der Waals surface area contributed by atoms with Crippen LogP contribution in [0.25, 0.3) is 10.9 Å².